The summed E-state index contributed by atoms with van der Waals surface area (Å²) < 4.78 is 2.18. The van der Waals surface area contributed by atoms with Crippen molar-refractivity contribution in [3.8, 4) is 0 Å². The van der Waals surface area contributed by atoms with E-state index >= 15 is 0 Å². The molecular weight excluding hydrogens is 234 g/mol. The van der Waals surface area contributed by atoms with E-state index in [4.69, 9.17) is 4.98 Å². The Morgan fingerprint density at radius 3 is 2.63 bits per heavy atom. The monoisotopic (exact) mass is 251 g/mol. The molecule has 0 unspecified atom stereocenters. The third-order valence-electron chi connectivity index (χ3n) is 3.25. The third kappa shape index (κ3) is 2.37. The Morgan fingerprint density at radius 2 is 1.84 bits per heavy atom. The molecule has 0 fully saturated rings. The maximum absolute atomic E-state index is 4.77. The fraction of sp³-hybridized carbons (Fsp3) is 0.188. The van der Waals surface area contributed by atoms with Crippen molar-refractivity contribution >= 4 is 5.52 Å². The van der Waals surface area contributed by atoms with Gasteiger partial charge in [-0.05, 0) is 24.7 Å². The summed E-state index contributed by atoms with van der Waals surface area (Å²) in [5.74, 6) is 1.09. The summed E-state index contributed by atoms with van der Waals surface area (Å²) in [5.41, 5.74) is 3.58. The number of nitrogens with zero attached hydrogens (tertiary/aromatic N) is 2. The lowest BCUT2D eigenvalue weighted by Gasteiger charge is -2.01. The van der Waals surface area contributed by atoms with Crippen LogP contribution in [0.25, 0.3) is 5.52 Å². The SMILES string of the molecule is CNCc1nc(Cc2ccccc2)n2ccccc12. The first kappa shape index (κ1) is 11.9. The summed E-state index contributed by atoms with van der Waals surface area (Å²) in [6.07, 6.45) is 2.94. The van der Waals surface area contributed by atoms with Gasteiger partial charge in [0.2, 0.25) is 0 Å². The lowest BCUT2D eigenvalue weighted by Crippen LogP contribution is -2.05. The second kappa shape index (κ2) is 5.24. The Balaban J connectivity index is 2.03. The number of hydrogen-bond donors (Lipinski definition) is 1. The van der Waals surface area contributed by atoms with Crippen molar-refractivity contribution in [2.75, 3.05) is 7.05 Å². The Labute approximate surface area is 112 Å². The van der Waals surface area contributed by atoms with Crippen LogP contribution in [0.15, 0.2) is 54.7 Å². The molecule has 3 nitrogen and oxygen atoms in total. The predicted octanol–water partition coefficient (Wildman–Crippen LogP) is 2.64. The van der Waals surface area contributed by atoms with Gasteiger partial charge in [-0.2, -0.15) is 0 Å². The van der Waals surface area contributed by atoms with E-state index < -0.39 is 0 Å². The van der Waals surface area contributed by atoms with Crippen molar-refractivity contribution < 1.29 is 0 Å². The van der Waals surface area contributed by atoms with Gasteiger partial charge in [0.25, 0.3) is 0 Å². The van der Waals surface area contributed by atoms with Crippen molar-refractivity contribution in [3.63, 3.8) is 0 Å². The first-order chi connectivity index (χ1) is 9.38. The Bertz CT molecular complexity index is 671. The molecule has 3 heteroatoms. The topological polar surface area (TPSA) is 29.3 Å². The van der Waals surface area contributed by atoms with E-state index in [1.54, 1.807) is 0 Å². The largest absolute Gasteiger partial charge is 0.314 e. The smallest absolute Gasteiger partial charge is 0.118 e. The van der Waals surface area contributed by atoms with Gasteiger partial charge >= 0.3 is 0 Å². The molecule has 0 amide bonds. The molecule has 0 saturated heterocycles. The number of fused-ring (bicyclic) bond motifs is 1. The van der Waals surface area contributed by atoms with E-state index in [2.05, 4.69) is 52.3 Å². The number of imidazole rings is 1. The van der Waals surface area contributed by atoms with Gasteiger partial charge in [-0.3, -0.25) is 0 Å². The number of benzene rings is 1. The molecule has 0 atom stereocenters. The van der Waals surface area contributed by atoms with Gasteiger partial charge in [-0.15, -0.1) is 0 Å². The lowest BCUT2D eigenvalue weighted by atomic mass is 10.1. The molecule has 3 aromatic rings. The van der Waals surface area contributed by atoms with Crippen LogP contribution in [0.3, 0.4) is 0 Å². The van der Waals surface area contributed by atoms with Crippen molar-refractivity contribution in [2.24, 2.45) is 0 Å². The number of pyridine rings is 1. The highest BCUT2D eigenvalue weighted by Crippen LogP contribution is 2.16. The second-order valence-electron chi connectivity index (χ2n) is 4.62. The molecule has 96 valence electrons. The van der Waals surface area contributed by atoms with E-state index in [0.29, 0.717) is 0 Å². The molecule has 1 N–H and O–H groups in total. The first-order valence-electron chi connectivity index (χ1n) is 6.52. The van der Waals surface area contributed by atoms with Gasteiger partial charge in [0.1, 0.15) is 5.82 Å². The van der Waals surface area contributed by atoms with Crippen LogP contribution < -0.4 is 5.32 Å². The number of nitrogens with one attached hydrogen (secondary N) is 1. The fourth-order valence-corrected chi connectivity index (χ4v) is 2.37. The standard InChI is InChI=1S/C16H17N3/c1-17-12-14-15-9-5-6-10-19(15)16(18-14)11-13-7-3-2-4-8-13/h2-10,17H,11-12H2,1H3. The van der Waals surface area contributed by atoms with Crippen LogP contribution in [0.5, 0.6) is 0 Å². The van der Waals surface area contributed by atoms with Crippen LogP contribution in [0, 0.1) is 0 Å². The highest BCUT2D eigenvalue weighted by Gasteiger charge is 2.09. The first-order valence-corrected chi connectivity index (χ1v) is 6.52. The van der Waals surface area contributed by atoms with Gasteiger partial charge in [-0.25, -0.2) is 4.98 Å². The van der Waals surface area contributed by atoms with E-state index in [1.165, 1.54) is 11.1 Å². The molecule has 0 aliphatic carbocycles. The zero-order valence-electron chi connectivity index (χ0n) is 11.0. The minimum Gasteiger partial charge on any atom is -0.314 e. The van der Waals surface area contributed by atoms with Crippen LogP contribution in [-0.4, -0.2) is 16.4 Å². The highest BCUT2D eigenvalue weighted by atomic mass is 15.0. The quantitative estimate of drug-likeness (QED) is 0.772. The Kier molecular flexibility index (Phi) is 3.29. The third-order valence-corrected chi connectivity index (χ3v) is 3.25. The van der Waals surface area contributed by atoms with Gasteiger partial charge in [0.15, 0.2) is 0 Å². The fourth-order valence-electron chi connectivity index (χ4n) is 2.37. The number of aromatic nitrogens is 2. The van der Waals surface area contributed by atoms with Crippen LogP contribution >= 0.6 is 0 Å². The Morgan fingerprint density at radius 1 is 1.05 bits per heavy atom. The molecule has 0 aliphatic rings. The molecule has 0 radical (unpaired) electrons. The summed E-state index contributed by atoms with van der Waals surface area (Å²) >= 11 is 0. The average Bonchev–Trinajstić information content (AvgIpc) is 2.79. The zero-order chi connectivity index (χ0) is 13.1. The highest BCUT2D eigenvalue weighted by molar-refractivity contribution is 5.53. The van der Waals surface area contributed by atoms with E-state index in [-0.39, 0.29) is 0 Å². The lowest BCUT2D eigenvalue weighted by molar-refractivity contribution is 0.797. The van der Waals surface area contributed by atoms with Gasteiger partial charge in [-0.1, -0.05) is 36.4 Å². The van der Waals surface area contributed by atoms with Crippen LogP contribution in [-0.2, 0) is 13.0 Å². The normalized spacial score (nSPS) is 11.0. The van der Waals surface area contributed by atoms with Crippen molar-refractivity contribution in [1.82, 2.24) is 14.7 Å². The van der Waals surface area contributed by atoms with E-state index in [0.717, 1.165) is 24.5 Å². The Hall–Kier alpha value is -2.13. The minimum absolute atomic E-state index is 0.794. The van der Waals surface area contributed by atoms with Crippen LogP contribution in [0.4, 0.5) is 0 Å². The predicted molar refractivity (Wildman–Crippen MR) is 77.2 cm³/mol. The molecule has 2 aromatic heterocycles. The number of hydrogen-bond acceptors (Lipinski definition) is 2. The summed E-state index contributed by atoms with van der Waals surface area (Å²) in [4.78, 5) is 4.77. The second-order valence-corrected chi connectivity index (χ2v) is 4.62. The van der Waals surface area contributed by atoms with Crippen molar-refractivity contribution in [2.45, 2.75) is 13.0 Å². The van der Waals surface area contributed by atoms with E-state index in [1.807, 2.05) is 19.2 Å². The molecule has 0 spiro atoms. The molecule has 0 bridgehead atoms. The van der Waals surface area contributed by atoms with Crippen LogP contribution in [0.1, 0.15) is 17.1 Å². The molecule has 0 saturated carbocycles. The zero-order valence-corrected chi connectivity index (χ0v) is 11.0. The van der Waals surface area contributed by atoms with Gasteiger partial charge in [0, 0.05) is 19.2 Å². The van der Waals surface area contributed by atoms with Crippen molar-refractivity contribution in [1.29, 1.82) is 0 Å². The van der Waals surface area contributed by atoms with Crippen molar-refractivity contribution in [3.05, 3.63) is 71.8 Å². The summed E-state index contributed by atoms with van der Waals surface area (Å²) in [7, 11) is 1.95. The average molecular weight is 251 g/mol. The molecule has 19 heavy (non-hydrogen) atoms. The van der Waals surface area contributed by atoms with Gasteiger partial charge < -0.3 is 9.72 Å². The summed E-state index contributed by atoms with van der Waals surface area (Å²) in [5, 5.41) is 3.18. The minimum atomic E-state index is 0.794. The maximum atomic E-state index is 4.77. The molecule has 3 rings (SSSR count). The summed E-state index contributed by atoms with van der Waals surface area (Å²) in [6, 6.07) is 16.7. The molecular formula is C16H17N3. The van der Waals surface area contributed by atoms with Crippen LogP contribution in [0.2, 0.25) is 0 Å². The van der Waals surface area contributed by atoms with Gasteiger partial charge in [0.05, 0.1) is 11.2 Å². The molecule has 0 aliphatic heterocycles. The number of rotatable bonds is 4. The van der Waals surface area contributed by atoms with E-state index in [9.17, 15) is 0 Å². The molecule has 1 aromatic carbocycles. The summed E-state index contributed by atoms with van der Waals surface area (Å²) in [6.45, 7) is 0.794. The molecule has 2 heterocycles. The maximum Gasteiger partial charge on any atom is 0.118 e.